The smallest absolute Gasteiger partial charge is 0.0386 e. The van der Waals surface area contributed by atoms with Crippen molar-refractivity contribution >= 4 is 0 Å². The van der Waals surface area contributed by atoms with E-state index in [9.17, 15) is 0 Å². The predicted molar refractivity (Wildman–Crippen MR) is 131 cm³/mol. The van der Waals surface area contributed by atoms with Crippen molar-refractivity contribution < 1.29 is 0 Å². The molecular weight excluding hydrogens is 348 g/mol. The van der Waals surface area contributed by atoms with E-state index in [2.05, 4.69) is 13.8 Å². The Kier molecular flexibility index (Phi) is 14.5. The van der Waals surface area contributed by atoms with Crippen LogP contribution in [-0.2, 0) is 0 Å². The molecule has 2 saturated carbocycles. The zero-order chi connectivity index (χ0) is 20.6. The van der Waals surface area contributed by atoms with Crippen LogP contribution in [0.2, 0.25) is 0 Å². The van der Waals surface area contributed by atoms with Crippen molar-refractivity contribution in [3.8, 4) is 0 Å². The molecule has 0 radical (unpaired) electrons. The molecular formula is C29H56. The fraction of sp³-hybridized carbons (Fsp3) is 1.00. The Labute approximate surface area is 185 Å². The Morgan fingerprint density at radius 2 is 0.690 bits per heavy atom. The topological polar surface area (TPSA) is 0 Å². The van der Waals surface area contributed by atoms with Gasteiger partial charge in [-0.15, -0.1) is 0 Å². The number of hydrogen-bond donors (Lipinski definition) is 0. The summed E-state index contributed by atoms with van der Waals surface area (Å²) >= 11 is 0. The van der Waals surface area contributed by atoms with Crippen LogP contribution < -0.4 is 0 Å². The molecule has 0 amide bonds. The molecule has 2 aliphatic rings. The minimum absolute atomic E-state index is 1.09. The Morgan fingerprint density at radius 3 is 1.03 bits per heavy atom. The van der Waals surface area contributed by atoms with Gasteiger partial charge in [0.25, 0.3) is 0 Å². The van der Waals surface area contributed by atoms with Crippen LogP contribution >= 0.6 is 0 Å². The van der Waals surface area contributed by atoms with Gasteiger partial charge in [0.1, 0.15) is 0 Å². The maximum absolute atomic E-state index is 2.32. The highest BCUT2D eigenvalue weighted by Crippen LogP contribution is 2.43. The van der Waals surface area contributed by atoms with Crippen LogP contribution in [0.25, 0.3) is 0 Å². The molecule has 0 aliphatic heterocycles. The second-order valence-corrected chi connectivity index (χ2v) is 11.0. The molecule has 0 N–H and O–H groups in total. The number of unbranched alkanes of at least 4 members (excludes halogenated alkanes) is 11. The third-order valence-corrected chi connectivity index (χ3v) is 8.63. The highest BCUT2D eigenvalue weighted by atomic mass is 14.4. The molecule has 2 fully saturated rings. The number of hydrogen-bond acceptors (Lipinski definition) is 0. The molecule has 0 nitrogen and oxygen atoms in total. The summed E-state index contributed by atoms with van der Waals surface area (Å²) in [5.41, 5.74) is 0. The fourth-order valence-corrected chi connectivity index (χ4v) is 6.50. The first kappa shape index (κ1) is 25.3. The molecule has 29 heavy (non-hydrogen) atoms. The molecule has 0 spiro atoms. The Hall–Kier alpha value is 0. The molecule has 0 bridgehead atoms. The van der Waals surface area contributed by atoms with Crippen LogP contribution in [0.3, 0.4) is 0 Å². The minimum Gasteiger partial charge on any atom is -0.0654 e. The summed E-state index contributed by atoms with van der Waals surface area (Å²) < 4.78 is 0. The lowest BCUT2D eigenvalue weighted by Crippen LogP contribution is -2.25. The first-order valence-corrected chi connectivity index (χ1v) is 14.3. The molecule has 0 saturated heterocycles. The highest BCUT2D eigenvalue weighted by Gasteiger charge is 2.30. The molecule has 0 heteroatoms. The molecule has 0 atom stereocenters. The summed E-state index contributed by atoms with van der Waals surface area (Å²) in [7, 11) is 0. The maximum atomic E-state index is 2.32. The lowest BCUT2D eigenvalue weighted by molar-refractivity contribution is 0.139. The van der Waals surface area contributed by atoms with Gasteiger partial charge in [-0.3, -0.25) is 0 Å². The van der Waals surface area contributed by atoms with Crippen molar-refractivity contribution in [1.29, 1.82) is 0 Å². The van der Waals surface area contributed by atoms with E-state index < -0.39 is 0 Å². The van der Waals surface area contributed by atoms with Crippen molar-refractivity contribution in [3.05, 3.63) is 0 Å². The number of rotatable bonds is 16. The largest absolute Gasteiger partial charge is 0.0654 e. The molecule has 172 valence electrons. The van der Waals surface area contributed by atoms with E-state index in [0.29, 0.717) is 0 Å². The summed E-state index contributed by atoms with van der Waals surface area (Å²) in [6.45, 7) is 4.64. The average molecular weight is 405 g/mol. The van der Waals surface area contributed by atoms with Crippen LogP contribution in [0.15, 0.2) is 0 Å². The van der Waals surface area contributed by atoms with Crippen molar-refractivity contribution in [3.63, 3.8) is 0 Å². The van der Waals surface area contributed by atoms with E-state index in [4.69, 9.17) is 0 Å². The van der Waals surface area contributed by atoms with Crippen molar-refractivity contribution in [2.75, 3.05) is 0 Å². The van der Waals surface area contributed by atoms with Crippen LogP contribution in [-0.4, -0.2) is 0 Å². The third-order valence-electron chi connectivity index (χ3n) is 8.63. The first-order valence-electron chi connectivity index (χ1n) is 14.3. The molecule has 0 aromatic carbocycles. The van der Waals surface area contributed by atoms with Gasteiger partial charge in [-0.05, 0) is 49.4 Å². The Balaban J connectivity index is 1.44. The molecule has 0 heterocycles. The van der Waals surface area contributed by atoms with Crippen LogP contribution in [0.4, 0.5) is 0 Å². The fourth-order valence-electron chi connectivity index (χ4n) is 6.50. The van der Waals surface area contributed by atoms with Crippen molar-refractivity contribution in [2.24, 2.45) is 23.7 Å². The van der Waals surface area contributed by atoms with Crippen LogP contribution in [0, 0.1) is 23.7 Å². The third kappa shape index (κ3) is 11.3. The van der Waals surface area contributed by atoms with Crippen molar-refractivity contribution in [1.82, 2.24) is 0 Å². The summed E-state index contributed by atoms with van der Waals surface area (Å²) in [6, 6.07) is 0. The second kappa shape index (κ2) is 16.7. The van der Waals surface area contributed by atoms with E-state index >= 15 is 0 Å². The van der Waals surface area contributed by atoms with Gasteiger partial charge in [-0.2, -0.15) is 0 Å². The molecule has 2 rings (SSSR count). The molecule has 0 aromatic rings. The minimum atomic E-state index is 1.09. The van der Waals surface area contributed by atoms with Gasteiger partial charge in [-0.25, -0.2) is 0 Å². The molecule has 2 aliphatic carbocycles. The van der Waals surface area contributed by atoms with E-state index in [0.717, 1.165) is 23.7 Å². The lowest BCUT2D eigenvalue weighted by atomic mass is 9.68. The van der Waals surface area contributed by atoms with Gasteiger partial charge in [0.2, 0.25) is 0 Å². The summed E-state index contributed by atoms with van der Waals surface area (Å²) in [6.07, 6.45) is 34.8. The standard InChI is InChI=1S/C29H56/c1-3-5-7-9-10-11-13-15-17-27-20-24-29(25-21-27)28-22-18-26(19-23-28)16-14-12-8-6-4-2/h26-29H,3-25H2,1-2H3. The van der Waals surface area contributed by atoms with Crippen molar-refractivity contribution in [2.45, 2.75) is 162 Å². The summed E-state index contributed by atoms with van der Waals surface area (Å²) in [5, 5.41) is 0. The van der Waals surface area contributed by atoms with E-state index in [1.165, 1.54) is 83.5 Å². The molecule has 0 aromatic heterocycles. The second-order valence-electron chi connectivity index (χ2n) is 11.0. The highest BCUT2D eigenvalue weighted by molar-refractivity contribution is 4.82. The first-order chi connectivity index (χ1) is 14.3. The van der Waals surface area contributed by atoms with E-state index in [1.807, 2.05) is 0 Å². The lowest BCUT2D eigenvalue weighted by Gasteiger charge is -2.38. The van der Waals surface area contributed by atoms with Gasteiger partial charge in [0.15, 0.2) is 0 Å². The summed E-state index contributed by atoms with van der Waals surface area (Å²) in [4.78, 5) is 0. The van der Waals surface area contributed by atoms with Gasteiger partial charge in [-0.1, -0.05) is 136 Å². The zero-order valence-corrected chi connectivity index (χ0v) is 20.6. The van der Waals surface area contributed by atoms with Gasteiger partial charge in [0, 0.05) is 0 Å². The monoisotopic (exact) mass is 404 g/mol. The van der Waals surface area contributed by atoms with E-state index in [-0.39, 0.29) is 0 Å². The van der Waals surface area contributed by atoms with Gasteiger partial charge in [0.05, 0.1) is 0 Å². The Morgan fingerprint density at radius 1 is 0.379 bits per heavy atom. The van der Waals surface area contributed by atoms with E-state index in [1.54, 1.807) is 64.2 Å². The predicted octanol–water partition coefficient (Wildman–Crippen LogP) is 10.5. The average Bonchev–Trinajstić information content (AvgIpc) is 2.76. The van der Waals surface area contributed by atoms with Crippen LogP contribution in [0.5, 0.6) is 0 Å². The Bertz CT molecular complexity index is 343. The quantitative estimate of drug-likeness (QED) is 0.224. The van der Waals surface area contributed by atoms with Gasteiger partial charge < -0.3 is 0 Å². The van der Waals surface area contributed by atoms with Crippen LogP contribution in [0.1, 0.15) is 162 Å². The maximum Gasteiger partial charge on any atom is -0.0386 e. The SMILES string of the molecule is CCCCCCCCCCC1CCC(C2CCC(CCCCCCC)CC2)CC1. The van der Waals surface area contributed by atoms with Gasteiger partial charge >= 0.3 is 0 Å². The normalized spacial score (nSPS) is 27.9. The molecule has 0 unspecified atom stereocenters. The summed E-state index contributed by atoms with van der Waals surface area (Å²) in [5.74, 6) is 4.39. The zero-order valence-electron chi connectivity index (χ0n) is 20.6.